The van der Waals surface area contributed by atoms with E-state index in [0.717, 1.165) is 12.1 Å². The van der Waals surface area contributed by atoms with E-state index in [4.69, 9.17) is 11.3 Å². The van der Waals surface area contributed by atoms with Gasteiger partial charge in [0.2, 0.25) is 0 Å². The first-order valence-corrected chi connectivity index (χ1v) is 3.74. The first kappa shape index (κ1) is 10.2. The SMILES string of the molecule is CC(=NN=N)[C@H](C)C[C@H](C)N. The number of rotatable bonds is 4. The molecule has 0 aromatic rings. The Labute approximate surface area is 67.4 Å². The van der Waals surface area contributed by atoms with Gasteiger partial charge in [-0.15, -0.1) is 5.10 Å². The summed E-state index contributed by atoms with van der Waals surface area (Å²) >= 11 is 0. The summed E-state index contributed by atoms with van der Waals surface area (Å²) in [5.41, 5.74) is 13.0. The molecule has 0 unspecified atom stereocenters. The minimum atomic E-state index is 0.181. The van der Waals surface area contributed by atoms with E-state index in [2.05, 4.69) is 10.3 Å². The third kappa shape index (κ3) is 4.61. The fraction of sp³-hybridized carbons (Fsp3) is 0.857. The molecule has 0 fully saturated rings. The van der Waals surface area contributed by atoms with Crippen LogP contribution in [0.15, 0.2) is 10.3 Å². The minimum absolute atomic E-state index is 0.181. The van der Waals surface area contributed by atoms with E-state index in [1.54, 1.807) is 0 Å². The maximum atomic E-state index is 6.52. The van der Waals surface area contributed by atoms with E-state index < -0.39 is 0 Å². The van der Waals surface area contributed by atoms with Crippen molar-refractivity contribution >= 4 is 5.71 Å². The molecule has 4 nitrogen and oxygen atoms in total. The lowest BCUT2D eigenvalue weighted by molar-refractivity contribution is 0.581. The fourth-order valence-electron chi connectivity index (χ4n) is 0.906. The van der Waals surface area contributed by atoms with Gasteiger partial charge in [-0.05, 0) is 26.2 Å². The van der Waals surface area contributed by atoms with Crippen LogP contribution in [0.1, 0.15) is 27.2 Å². The number of nitrogens with zero attached hydrogens (tertiary/aromatic N) is 2. The monoisotopic (exact) mass is 156 g/mol. The molecule has 64 valence electrons. The molecule has 0 aromatic carbocycles. The minimum Gasteiger partial charge on any atom is -0.328 e. The lowest BCUT2D eigenvalue weighted by Gasteiger charge is -2.11. The van der Waals surface area contributed by atoms with Crippen molar-refractivity contribution in [1.82, 2.24) is 0 Å². The average molecular weight is 156 g/mol. The molecule has 11 heavy (non-hydrogen) atoms. The number of hydrogen-bond donors (Lipinski definition) is 2. The normalized spacial score (nSPS) is 17.6. The third-order valence-corrected chi connectivity index (χ3v) is 1.65. The summed E-state index contributed by atoms with van der Waals surface area (Å²) in [6.07, 6.45) is 0.894. The van der Waals surface area contributed by atoms with Crippen LogP contribution in [0.4, 0.5) is 0 Å². The van der Waals surface area contributed by atoms with Gasteiger partial charge in [-0.3, -0.25) is 0 Å². The second kappa shape index (κ2) is 4.96. The van der Waals surface area contributed by atoms with E-state index >= 15 is 0 Å². The molecule has 0 aliphatic carbocycles. The van der Waals surface area contributed by atoms with Crippen molar-refractivity contribution in [3.05, 3.63) is 0 Å². The summed E-state index contributed by atoms with van der Waals surface area (Å²) in [7, 11) is 0. The van der Waals surface area contributed by atoms with Gasteiger partial charge in [0.1, 0.15) is 0 Å². The molecule has 0 radical (unpaired) electrons. The molecule has 0 aliphatic rings. The van der Waals surface area contributed by atoms with Crippen molar-refractivity contribution in [2.24, 2.45) is 22.0 Å². The molecule has 0 heterocycles. The molecule has 0 rings (SSSR count). The van der Waals surface area contributed by atoms with Gasteiger partial charge in [0.25, 0.3) is 0 Å². The van der Waals surface area contributed by atoms with E-state index in [1.807, 2.05) is 20.8 Å². The third-order valence-electron chi connectivity index (χ3n) is 1.65. The second-order valence-electron chi connectivity index (χ2n) is 2.96. The first-order valence-electron chi connectivity index (χ1n) is 3.74. The van der Waals surface area contributed by atoms with Crippen LogP contribution in [-0.4, -0.2) is 11.8 Å². The van der Waals surface area contributed by atoms with Crippen LogP contribution < -0.4 is 5.73 Å². The summed E-state index contributed by atoms with van der Waals surface area (Å²) in [6.45, 7) is 5.86. The summed E-state index contributed by atoms with van der Waals surface area (Å²) in [4.78, 5) is 0. The molecule has 0 spiro atoms. The Morgan fingerprint density at radius 2 is 2.09 bits per heavy atom. The Bertz CT molecular complexity index is 151. The second-order valence-corrected chi connectivity index (χ2v) is 2.96. The smallest absolute Gasteiger partial charge is 0.0421 e. The molecule has 0 saturated carbocycles. The van der Waals surface area contributed by atoms with Gasteiger partial charge in [-0.25, -0.2) is 0 Å². The van der Waals surface area contributed by atoms with Crippen molar-refractivity contribution in [1.29, 1.82) is 5.53 Å². The molecule has 0 aliphatic heterocycles. The summed E-state index contributed by atoms with van der Waals surface area (Å²) in [5, 5.41) is 6.59. The van der Waals surface area contributed by atoms with Crippen molar-refractivity contribution in [3.63, 3.8) is 0 Å². The van der Waals surface area contributed by atoms with Gasteiger partial charge in [-0.2, -0.15) is 5.53 Å². The molecule has 0 bridgehead atoms. The van der Waals surface area contributed by atoms with E-state index in [9.17, 15) is 0 Å². The Morgan fingerprint density at radius 3 is 2.45 bits per heavy atom. The van der Waals surface area contributed by atoms with Crippen LogP contribution in [-0.2, 0) is 0 Å². The Kier molecular flexibility index (Phi) is 4.61. The average Bonchev–Trinajstić information content (AvgIpc) is 1.86. The van der Waals surface area contributed by atoms with Gasteiger partial charge in [-0.1, -0.05) is 12.1 Å². The van der Waals surface area contributed by atoms with E-state index in [-0.39, 0.29) is 6.04 Å². The Morgan fingerprint density at radius 1 is 1.55 bits per heavy atom. The van der Waals surface area contributed by atoms with E-state index in [0.29, 0.717) is 5.92 Å². The van der Waals surface area contributed by atoms with Gasteiger partial charge in [0.15, 0.2) is 0 Å². The topological polar surface area (TPSA) is 74.6 Å². The first-order chi connectivity index (χ1) is 5.07. The summed E-state index contributed by atoms with van der Waals surface area (Å²) in [5.74, 6) is 0.323. The quantitative estimate of drug-likeness (QED) is 0.363. The van der Waals surface area contributed by atoms with Crippen LogP contribution >= 0.6 is 0 Å². The Hall–Kier alpha value is -0.770. The van der Waals surface area contributed by atoms with Crippen molar-refractivity contribution in [2.75, 3.05) is 0 Å². The predicted octanol–water partition coefficient (Wildman–Crippen LogP) is 1.77. The highest BCUT2D eigenvalue weighted by Gasteiger charge is 2.07. The predicted molar refractivity (Wildman–Crippen MR) is 45.7 cm³/mol. The number of hydrogen-bond acceptors (Lipinski definition) is 3. The molecule has 2 atom stereocenters. The number of nitrogens with two attached hydrogens (primary N) is 1. The van der Waals surface area contributed by atoms with Crippen LogP contribution in [0.2, 0.25) is 0 Å². The molecular weight excluding hydrogens is 140 g/mol. The molecule has 0 aromatic heterocycles. The van der Waals surface area contributed by atoms with Crippen molar-refractivity contribution in [2.45, 2.75) is 33.2 Å². The van der Waals surface area contributed by atoms with Crippen molar-refractivity contribution in [3.8, 4) is 0 Å². The highest BCUT2D eigenvalue weighted by molar-refractivity contribution is 5.83. The van der Waals surface area contributed by atoms with Crippen LogP contribution in [0.5, 0.6) is 0 Å². The van der Waals surface area contributed by atoms with Crippen LogP contribution in [0.3, 0.4) is 0 Å². The van der Waals surface area contributed by atoms with E-state index in [1.165, 1.54) is 0 Å². The summed E-state index contributed by atoms with van der Waals surface area (Å²) in [6, 6.07) is 0.181. The zero-order valence-corrected chi connectivity index (χ0v) is 7.33. The van der Waals surface area contributed by atoms with Gasteiger partial charge < -0.3 is 5.73 Å². The fourth-order valence-corrected chi connectivity index (χ4v) is 0.906. The molecular formula is C7H16N4. The molecule has 0 amide bonds. The summed E-state index contributed by atoms with van der Waals surface area (Å²) < 4.78 is 0. The van der Waals surface area contributed by atoms with Gasteiger partial charge >= 0.3 is 0 Å². The molecule has 4 heteroatoms. The largest absolute Gasteiger partial charge is 0.328 e. The van der Waals surface area contributed by atoms with Gasteiger partial charge in [0.05, 0.1) is 0 Å². The number of nitrogens with one attached hydrogen (secondary N) is 1. The zero-order valence-electron chi connectivity index (χ0n) is 7.33. The highest BCUT2D eigenvalue weighted by atomic mass is 15.3. The Balaban J connectivity index is 3.91. The lowest BCUT2D eigenvalue weighted by atomic mass is 9.99. The van der Waals surface area contributed by atoms with Gasteiger partial charge in [0, 0.05) is 11.8 Å². The zero-order chi connectivity index (χ0) is 8.85. The maximum Gasteiger partial charge on any atom is 0.0421 e. The standard InChI is InChI=1S/C7H16N4/c1-5(4-6(2)8)7(3)10-11-9/h5-6,9H,4,8H2,1-3H3/t5-,6+/m1/s1. The van der Waals surface area contributed by atoms with Crippen molar-refractivity contribution < 1.29 is 0 Å². The molecule has 3 N–H and O–H groups in total. The highest BCUT2D eigenvalue weighted by Crippen LogP contribution is 2.06. The van der Waals surface area contributed by atoms with Crippen LogP contribution in [0.25, 0.3) is 0 Å². The van der Waals surface area contributed by atoms with Crippen LogP contribution in [0, 0.1) is 11.4 Å². The maximum absolute atomic E-state index is 6.52. The molecule has 0 saturated heterocycles. The lowest BCUT2D eigenvalue weighted by Crippen LogP contribution is -2.21.